The maximum absolute atomic E-state index is 12.6. The first kappa shape index (κ1) is 15.8. The summed E-state index contributed by atoms with van der Waals surface area (Å²) in [4.78, 5) is 27.6. The van der Waals surface area contributed by atoms with E-state index in [0.29, 0.717) is 11.1 Å². The number of aromatic amines is 1. The van der Waals surface area contributed by atoms with Gasteiger partial charge in [0, 0.05) is 22.2 Å². The smallest absolute Gasteiger partial charge is 0.252 e. The van der Waals surface area contributed by atoms with Gasteiger partial charge in [-0.3, -0.25) is 9.59 Å². The van der Waals surface area contributed by atoms with Crippen molar-refractivity contribution in [1.82, 2.24) is 10.3 Å². The van der Waals surface area contributed by atoms with Crippen molar-refractivity contribution >= 4 is 22.7 Å². The van der Waals surface area contributed by atoms with Gasteiger partial charge in [-0.15, -0.1) is 0 Å². The number of hydrogen-bond donors (Lipinski definition) is 3. The van der Waals surface area contributed by atoms with Gasteiger partial charge in [-0.2, -0.15) is 0 Å². The quantitative estimate of drug-likeness (QED) is 0.690. The summed E-state index contributed by atoms with van der Waals surface area (Å²) >= 11 is 0. The second-order valence-corrected chi connectivity index (χ2v) is 5.85. The first-order chi connectivity index (χ1) is 11.5. The van der Waals surface area contributed by atoms with Crippen molar-refractivity contribution in [3.63, 3.8) is 0 Å². The summed E-state index contributed by atoms with van der Waals surface area (Å²) in [6.07, 6.45) is 0. The number of primary amides is 1. The van der Waals surface area contributed by atoms with E-state index in [2.05, 4.69) is 10.3 Å². The lowest BCUT2D eigenvalue weighted by Crippen LogP contribution is -2.37. The summed E-state index contributed by atoms with van der Waals surface area (Å²) in [7, 11) is 0. The predicted octanol–water partition coefficient (Wildman–Crippen LogP) is 2.74. The Kier molecular flexibility index (Phi) is 4.08. The molecule has 0 bridgehead atoms. The largest absolute Gasteiger partial charge is 0.368 e. The summed E-state index contributed by atoms with van der Waals surface area (Å²) in [5.41, 5.74) is 9.77. The molecule has 1 aromatic heterocycles. The average molecular weight is 321 g/mol. The number of fused-ring (bicyclic) bond motifs is 1. The van der Waals surface area contributed by atoms with Crippen LogP contribution in [-0.4, -0.2) is 16.8 Å². The highest BCUT2D eigenvalue weighted by Crippen LogP contribution is 2.23. The Morgan fingerprint density at radius 3 is 2.46 bits per heavy atom. The van der Waals surface area contributed by atoms with Crippen molar-refractivity contribution in [1.29, 1.82) is 0 Å². The Bertz CT molecular complexity index is 913. The molecule has 24 heavy (non-hydrogen) atoms. The van der Waals surface area contributed by atoms with Gasteiger partial charge in [-0.1, -0.05) is 30.3 Å². The van der Waals surface area contributed by atoms with Gasteiger partial charge in [0.15, 0.2) is 0 Å². The highest BCUT2D eigenvalue weighted by atomic mass is 16.2. The minimum Gasteiger partial charge on any atom is -0.368 e. The molecule has 1 atom stereocenters. The Morgan fingerprint density at radius 1 is 1.08 bits per heavy atom. The number of aryl methyl sites for hydroxylation is 2. The SMILES string of the molecule is Cc1[nH]c2ccc(C(=O)NC(C(N)=O)c3ccccc3)cc2c1C. The van der Waals surface area contributed by atoms with E-state index in [1.807, 2.05) is 32.0 Å². The average Bonchev–Trinajstić information content (AvgIpc) is 2.87. The molecule has 5 heteroatoms. The maximum atomic E-state index is 12.6. The van der Waals surface area contributed by atoms with Crippen molar-refractivity contribution in [3.8, 4) is 0 Å². The topological polar surface area (TPSA) is 88.0 Å². The molecule has 0 aliphatic rings. The number of carbonyl (C=O) groups is 2. The number of H-pyrrole nitrogens is 1. The minimum absolute atomic E-state index is 0.331. The van der Waals surface area contributed by atoms with Crippen molar-refractivity contribution in [2.75, 3.05) is 0 Å². The predicted molar refractivity (Wildman–Crippen MR) is 93.6 cm³/mol. The number of rotatable bonds is 4. The molecule has 122 valence electrons. The summed E-state index contributed by atoms with van der Waals surface area (Å²) in [5.74, 6) is -0.924. The van der Waals surface area contributed by atoms with Crippen LogP contribution in [-0.2, 0) is 4.79 Å². The van der Waals surface area contributed by atoms with E-state index in [1.54, 1.807) is 30.3 Å². The highest BCUT2D eigenvalue weighted by Gasteiger charge is 2.21. The molecule has 0 aliphatic heterocycles. The van der Waals surface area contributed by atoms with Gasteiger partial charge >= 0.3 is 0 Å². The van der Waals surface area contributed by atoms with E-state index in [1.165, 1.54) is 0 Å². The third kappa shape index (κ3) is 2.88. The van der Waals surface area contributed by atoms with Crippen LogP contribution in [0.15, 0.2) is 48.5 Å². The van der Waals surface area contributed by atoms with Gasteiger partial charge in [0.25, 0.3) is 5.91 Å². The lowest BCUT2D eigenvalue weighted by Gasteiger charge is -2.16. The molecule has 0 saturated heterocycles. The lowest BCUT2D eigenvalue weighted by atomic mass is 10.0. The van der Waals surface area contributed by atoms with Crippen LogP contribution in [0.1, 0.15) is 33.2 Å². The van der Waals surface area contributed by atoms with Crippen LogP contribution in [0.25, 0.3) is 10.9 Å². The third-order valence-electron chi connectivity index (χ3n) is 4.26. The Morgan fingerprint density at radius 2 is 1.79 bits per heavy atom. The fourth-order valence-corrected chi connectivity index (χ4v) is 2.78. The van der Waals surface area contributed by atoms with E-state index >= 15 is 0 Å². The number of amides is 2. The summed E-state index contributed by atoms with van der Waals surface area (Å²) in [5, 5.41) is 3.71. The number of aromatic nitrogens is 1. The third-order valence-corrected chi connectivity index (χ3v) is 4.26. The molecule has 0 fully saturated rings. The van der Waals surface area contributed by atoms with Crippen LogP contribution in [0.3, 0.4) is 0 Å². The van der Waals surface area contributed by atoms with Crippen molar-refractivity contribution in [2.45, 2.75) is 19.9 Å². The summed E-state index contributed by atoms with van der Waals surface area (Å²) in [6, 6.07) is 13.5. The van der Waals surface area contributed by atoms with Gasteiger partial charge in [-0.05, 0) is 43.2 Å². The van der Waals surface area contributed by atoms with E-state index in [9.17, 15) is 9.59 Å². The molecule has 0 radical (unpaired) electrons. The zero-order valence-corrected chi connectivity index (χ0v) is 13.6. The van der Waals surface area contributed by atoms with E-state index < -0.39 is 11.9 Å². The first-order valence-corrected chi connectivity index (χ1v) is 7.71. The van der Waals surface area contributed by atoms with Gasteiger partial charge < -0.3 is 16.0 Å². The monoisotopic (exact) mass is 321 g/mol. The number of carbonyl (C=O) groups excluding carboxylic acids is 2. The molecule has 1 heterocycles. The van der Waals surface area contributed by atoms with Crippen LogP contribution >= 0.6 is 0 Å². The molecule has 3 aromatic rings. The molecule has 2 aromatic carbocycles. The highest BCUT2D eigenvalue weighted by molar-refractivity contribution is 6.01. The molecule has 4 N–H and O–H groups in total. The van der Waals surface area contributed by atoms with Crippen LogP contribution < -0.4 is 11.1 Å². The van der Waals surface area contributed by atoms with Gasteiger partial charge in [0.2, 0.25) is 5.91 Å². The fraction of sp³-hybridized carbons (Fsp3) is 0.158. The molecule has 5 nitrogen and oxygen atoms in total. The Labute approximate surface area is 139 Å². The van der Waals surface area contributed by atoms with Crippen molar-refractivity contribution < 1.29 is 9.59 Å². The van der Waals surface area contributed by atoms with Crippen molar-refractivity contribution in [3.05, 3.63) is 70.9 Å². The van der Waals surface area contributed by atoms with E-state index in [-0.39, 0.29) is 5.91 Å². The molecule has 0 spiro atoms. The van der Waals surface area contributed by atoms with Crippen molar-refractivity contribution in [2.24, 2.45) is 5.73 Å². The van der Waals surface area contributed by atoms with Gasteiger partial charge in [0.05, 0.1) is 0 Å². The number of benzene rings is 2. The fourth-order valence-electron chi connectivity index (χ4n) is 2.78. The van der Waals surface area contributed by atoms with Crippen LogP contribution in [0, 0.1) is 13.8 Å². The summed E-state index contributed by atoms with van der Waals surface area (Å²) < 4.78 is 0. The molecule has 3 rings (SSSR count). The minimum atomic E-state index is -0.858. The number of hydrogen-bond acceptors (Lipinski definition) is 2. The number of nitrogens with one attached hydrogen (secondary N) is 2. The van der Waals surface area contributed by atoms with Crippen LogP contribution in [0.5, 0.6) is 0 Å². The maximum Gasteiger partial charge on any atom is 0.252 e. The number of nitrogens with two attached hydrogens (primary N) is 1. The zero-order valence-electron chi connectivity index (χ0n) is 13.6. The second kappa shape index (κ2) is 6.20. The van der Waals surface area contributed by atoms with Crippen LogP contribution in [0.4, 0.5) is 0 Å². The van der Waals surface area contributed by atoms with Gasteiger partial charge in [-0.25, -0.2) is 0 Å². The summed E-state index contributed by atoms with van der Waals surface area (Å²) in [6.45, 7) is 4.00. The van der Waals surface area contributed by atoms with Gasteiger partial charge in [0.1, 0.15) is 6.04 Å². The molecular formula is C19H19N3O2. The molecule has 0 aliphatic carbocycles. The molecular weight excluding hydrogens is 302 g/mol. The Hall–Kier alpha value is -3.08. The second-order valence-electron chi connectivity index (χ2n) is 5.85. The normalized spacial score (nSPS) is 12.1. The lowest BCUT2D eigenvalue weighted by molar-refractivity contribution is -0.120. The standard InChI is InChI=1S/C19H19N3O2/c1-11-12(2)21-16-9-8-14(10-15(11)16)19(24)22-17(18(20)23)13-6-4-3-5-7-13/h3-10,17,21H,1-2H3,(H2,20,23)(H,22,24). The Balaban J connectivity index is 1.90. The molecule has 1 unspecified atom stereocenters. The van der Waals surface area contributed by atoms with Crippen LogP contribution in [0.2, 0.25) is 0 Å². The van der Waals surface area contributed by atoms with E-state index in [0.717, 1.165) is 22.2 Å². The zero-order chi connectivity index (χ0) is 17.3. The molecule has 0 saturated carbocycles. The molecule has 2 amide bonds. The van der Waals surface area contributed by atoms with E-state index in [4.69, 9.17) is 5.73 Å². The first-order valence-electron chi connectivity index (χ1n) is 7.71.